The molecule has 2 heterocycles. The number of thiazole rings is 1. The van der Waals surface area contributed by atoms with Crippen LogP contribution in [0.5, 0.6) is 0 Å². The second-order valence-electron chi connectivity index (χ2n) is 5.01. The molecule has 0 spiro atoms. The van der Waals surface area contributed by atoms with Crippen molar-refractivity contribution < 1.29 is 4.79 Å². The van der Waals surface area contributed by atoms with E-state index in [0.717, 1.165) is 21.4 Å². The van der Waals surface area contributed by atoms with Crippen LogP contribution in [0.2, 0.25) is 0 Å². The summed E-state index contributed by atoms with van der Waals surface area (Å²) in [6, 6.07) is 11.6. The highest BCUT2D eigenvalue weighted by atomic mass is 32.2. The van der Waals surface area contributed by atoms with E-state index in [-0.39, 0.29) is 5.91 Å². The van der Waals surface area contributed by atoms with Crippen LogP contribution in [0.4, 0.5) is 5.82 Å². The van der Waals surface area contributed by atoms with Crippen LogP contribution >= 0.6 is 23.1 Å². The molecule has 0 saturated heterocycles. The number of rotatable bonds is 5. The SMILES string of the molecule is Cc1csc(SCC(=O)Nc2cc(C)nn2-c2ccccc2)n1. The van der Waals surface area contributed by atoms with E-state index in [0.29, 0.717) is 11.6 Å². The molecule has 3 rings (SSSR count). The molecule has 1 N–H and O–H groups in total. The third-order valence-corrected chi connectivity index (χ3v) is 5.16. The van der Waals surface area contributed by atoms with Gasteiger partial charge in [-0.2, -0.15) is 5.10 Å². The van der Waals surface area contributed by atoms with Gasteiger partial charge in [0.15, 0.2) is 4.34 Å². The van der Waals surface area contributed by atoms with E-state index in [4.69, 9.17) is 0 Å². The van der Waals surface area contributed by atoms with Crippen molar-refractivity contribution >= 4 is 34.8 Å². The van der Waals surface area contributed by atoms with Crippen LogP contribution in [0.3, 0.4) is 0 Å². The summed E-state index contributed by atoms with van der Waals surface area (Å²) >= 11 is 3.00. The van der Waals surface area contributed by atoms with Crippen molar-refractivity contribution in [3.8, 4) is 5.69 Å². The lowest BCUT2D eigenvalue weighted by Gasteiger charge is -2.08. The van der Waals surface area contributed by atoms with Crippen molar-refractivity contribution in [1.82, 2.24) is 14.8 Å². The van der Waals surface area contributed by atoms with E-state index < -0.39 is 0 Å². The smallest absolute Gasteiger partial charge is 0.235 e. The Morgan fingerprint density at radius 2 is 2.04 bits per heavy atom. The molecule has 2 aromatic heterocycles. The maximum Gasteiger partial charge on any atom is 0.235 e. The highest BCUT2D eigenvalue weighted by molar-refractivity contribution is 8.01. The zero-order valence-electron chi connectivity index (χ0n) is 12.8. The van der Waals surface area contributed by atoms with Crippen molar-refractivity contribution in [1.29, 1.82) is 0 Å². The van der Waals surface area contributed by atoms with Crippen LogP contribution in [0.25, 0.3) is 5.69 Å². The number of thioether (sulfide) groups is 1. The molecule has 1 amide bonds. The standard InChI is InChI=1S/C16H16N4OS2/c1-11-8-14(20(19-11)13-6-4-3-5-7-13)18-15(21)10-23-16-17-12(2)9-22-16/h3-9H,10H2,1-2H3,(H,18,21). The number of hydrogen-bond donors (Lipinski definition) is 1. The Morgan fingerprint density at radius 1 is 1.26 bits per heavy atom. The lowest BCUT2D eigenvalue weighted by atomic mass is 10.3. The van der Waals surface area contributed by atoms with E-state index in [1.165, 1.54) is 11.8 Å². The molecule has 23 heavy (non-hydrogen) atoms. The lowest BCUT2D eigenvalue weighted by Crippen LogP contribution is -2.16. The van der Waals surface area contributed by atoms with Gasteiger partial charge in [-0.1, -0.05) is 30.0 Å². The number of anilines is 1. The van der Waals surface area contributed by atoms with E-state index in [1.807, 2.05) is 55.6 Å². The summed E-state index contributed by atoms with van der Waals surface area (Å²) < 4.78 is 2.65. The number of carbonyl (C=O) groups is 1. The van der Waals surface area contributed by atoms with Gasteiger partial charge in [0, 0.05) is 17.1 Å². The summed E-state index contributed by atoms with van der Waals surface area (Å²) in [6.45, 7) is 3.85. The van der Waals surface area contributed by atoms with Gasteiger partial charge in [0.25, 0.3) is 0 Å². The molecule has 1 aromatic carbocycles. The number of hydrogen-bond acceptors (Lipinski definition) is 5. The zero-order valence-corrected chi connectivity index (χ0v) is 14.4. The fourth-order valence-corrected chi connectivity index (χ4v) is 3.71. The molecule has 0 aliphatic carbocycles. The Bertz CT molecular complexity index is 811. The average molecular weight is 344 g/mol. The Kier molecular flexibility index (Phi) is 4.78. The summed E-state index contributed by atoms with van der Waals surface area (Å²) in [6.07, 6.45) is 0. The minimum Gasteiger partial charge on any atom is -0.310 e. The minimum atomic E-state index is -0.0695. The van der Waals surface area contributed by atoms with Gasteiger partial charge in [-0.05, 0) is 26.0 Å². The topological polar surface area (TPSA) is 59.8 Å². The molecule has 0 fully saturated rings. The number of nitrogens with zero attached hydrogens (tertiary/aromatic N) is 3. The van der Waals surface area contributed by atoms with Gasteiger partial charge in [0.2, 0.25) is 5.91 Å². The molecule has 7 heteroatoms. The second-order valence-corrected chi connectivity index (χ2v) is 7.09. The van der Waals surface area contributed by atoms with Crippen LogP contribution in [0.15, 0.2) is 46.1 Å². The number of nitrogens with one attached hydrogen (secondary N) is 1. The van der Waals surface area contributed by atoms with Gasteiger partial charge < -0.3 is 5.32 Å². The molecule has 3 aromatic rings. The molecule has 0 aliphatic rings. The molecule has 0 radical (unpaired) electrons. The molecule has 0 saturated carbocycles. The summed E-state index contributed by atoms with van der Waals surface area (Å²) in [4.78, 5) is 16.5. The lowest BCUT2D eigenvalue weighted by molar-refractivity contribution is -0.113. The summed E-state index contributed by atoms with van der Waals surface area (Å²) in [7, 11) is 0. The van der Waals surface area contributed by atoms with Crippen LogP contribution < -0.4 is 5.32 Å². The Morgan fingerprint density at radius 3 is 2.74 bits per heavy atom. The molecule has 118 valence electrons. The van der Waals surface area contributed by atoms with Crippen molar-refractivity contribution in [2.45, 2.75) is 18.2 Å². The summed E-state index contributed by atoms with van der Waals surface area (Å²) in [5, 5.41) is 9.35. The third-order valence-electron chi connectivity index (χ3n) is 3.02. The molecule has 0 atom stereocenters. The highest BCUT2D eigenvalue weighted by Crippen LogP contribution is 2.23. The number of benzene rings is 1. The minimum absolute atomic E-state index is 0.0695. The zero-order chi connectivity index (χ0) is 16.2. The normalized spacial score (nSPS) is 10.7. The third kappa shape index (κ3) is 4.00. The maximum absolute atomic E-state index is 12.2. The Labute approximate surface area is 142 Å². The molecular weight excluding hydrogens is 328 g/mol. The van der Waals surface area contributed by atoms with E-state index in [9.17, 15) is 4.79 Å². The van der Waals surface area contributed by atoms with Gasteiger partial charge in [-0.3, -0.25) is 4.79 Å². The predicted octanol–water partition coefficient (Wildman–Crippen LogP) is 3.68. The number of amides is 1. The summed E-state index contributed by atoms with van der Waals surface area (Å²) in [5.41, 5.74) is 2.75. The second kappa shape index (κ2) is 6.97. The Hall–Kier alpha value is -2.12. The highest BCUT2D eigenvalue weighted by Gasteiger charge is 2.12. The largest absolute Gasteiger partial charge is 0.310 e. The summed E-state index contributed by atoms with van der Waals surface area (Å²) in [5.74, 6) is 0.931. The maximum atomic E-state index is 12.2. The van der Waals surface area contributed by atoms with Gasteiger partial charge >= 0.3 is 0 Å². The first-order valence-corrected chi connectivity index (χ1v) is 8.95. The van der Waals surface area contributed by atoms with Crippen molar-refractivity contribution in [3.63, 3.8) is 0 Å². The number of para-hydroxylation sites is 1. The Balaban J connectivity index is 1.69. The van der Waals surface area contributed by atoms with Gasteiger partial charge in [0.1, 0.15) is 5.82 Å². The van der Waals surface area contributed by atoms with Crippen molar-refractivity contribution in [2.24, 2.45) is 0 Å². The van der Waals surface area contributed by atoms with Gasteiger partial charge in [0.05, 0.1) is 17.1 Å². The van der Waals surface area contributed by atoms with Crippen LogP contribution in [0, 0.1) is 13.8 Å². The van der Waals surface area contributed by atoms with E-state index >= 15 is 0 Å². The predicted molar refractivity (Wildman–Crippen MR) is 94.5 cm³/mol. The van der Waals surface area contributed by atoms with Crippen molar-refractivity contribution in [3.05, 3.63) is 53.2 Å². The van der Waals surface area contributed by atoms with Gasteiger partial charge in [-0.15, -0.1) is 11.3 Å². The van der Waals surface area contributed by atoms with Crippen LogP contribution in [0.1, 0.15) is 11.4 Å². The number of aryl methyl sites for hydroxylation is 2. The quantitative estimate of drug-likeness (QED) is 0.717. The first-order chi connectivity index (χ1) is 11.1. The molecule has 0 aliphatic heterocycles. The van der Waals surface area contributed by atoms with Crippen molar-refractivity contribution in [2.75, 3.05) is 11.1 Å². The van der Waals surface area contributed by atoms with Gasteiger partial charge in [-0.25, -0.2) is 9.67 Å². The molecule has 0 bridgehead atoms. The monoisotopic (exact) mass is 344 g/mol. The first-order valence-electron chi connectivity index (χ1n) is 7.09. The van der Waals surface area contributed by atoms with E-state index in [1.54, 1.807) is 16.0 Å². The van der Waals surface area contributed by atoms with E-state index in [2.05, 4.69) is 15.4 Å². The number of carbonyl (C=O) groups excluding carboxylic acids is 1. The van der Waals surface area contributed by atoms with Crippen LogP contribution in [-0.4, -0.2) is 26.4 Å². The fraction of sp³-hybridized carbons (Fsp3) is 0.188. The molecular formula is C16H16N4OS2. The fourth-order valence-electron chi connectivity index (χ4n) is 2.06. The molecule has 0 unspecified atom stereocenters. The number of aromatic nitrogens is 3. The van der Waals surface area contributed by atoms with Crippen LogP contribution in [-0.2, 0) is 4.79 Å². The average Bonchev–Trinajstić information content (AvgIpc) is 3.12. The molecule has 5 nitrogen and oxygen atoms in total. The first kappa shape index (κ1) is 15.8.